The van der Waals surface area contributed by atoms with Crippen LogP contribution in [0.25, 0.3) is 0 Å². The molecule has 2 aromatic carbocycles. The van der Waals surface area contributed by atoms with Crippen molar-refractivity contribution < 1.29 is 22.7 Å². The van der Waals surface area contributed by atoms with E-state index in [0.29, 0.717) is 23.7 Å². The molecule has 0 aromatic heterocycles. The highest BCUT2D eigenvalue weighted by Gasteiger charge is 2.42. The van der Waals surface area contributed by atoms with Crippen molar-refractivity contribution in [3.05, 3.63) is 48.7 Å². The van der Waals surface area contributed by atoms with Gasteiger partial charge in [0.1, 0.15) is 5.75 Å². The molecule has 0 radical (unpaired) electrons. The minimum atomic E-state index is -3.66. The van der Waals surface area contributed by atoms with Crippen LogP contribution in [0.5, 0.6) is 5.75 Å². The van der Waals surface area contributed by atoms with Crippen molar-refractivity contribution in [3.63, 3.8) is 0 Å². The molecule has 9 heteroatoms. The number of nitrogens with two attached hydrogens (primary N) is 1. The van der Waals surface area contributed by atoms with Gasteiger partial charge in [-0.3, -0.25) is 0 Å². The summed E-state index contributed by atoms with van der Waals surface area (Å²) in [6, 6.07) is 11.1. The number of methoxy groups -OCH3 is 1. The van der Waals surface area contributed by atoms with Crippen LogP contribution in [0.15, 0.2) is 58.5 Å². The molecule has 3 rings (SSSR count). The van der Waals surface area contributed by atoms with Gasteiger partial charge >= 0.3 is 5.97 Å². The number of esters is 1. The maximum Gasteiger partial charge on any atom is 0.333 e. The summed E-state index contributed by atoms with van der Waals surface area (Å²) in [5.74, 6) is -0.102. The lowest BCUT2D eigenvalue weighted by Crippen LogP contribution is -2.38. The van der Waals surface area contributed by atoms with Crippen LogP contribution in [0, 0.1) is 5.41 Å². The predicted octanol–water partition coefficient (Wildman–Crippen LogP) is 6.35. The average molecular weight is 547 g/mol. The fourth-order valence-electron chi connectivity index (χ4n) is 4.84. The average Bonchev–Trinajstić information content (AvgIpc) is 2.98. The summed E-state index contributed by atoms with van der Waals surface area (Å²) in [7, 11) is -2.38. The number of hydrogen-bond acceptors (Lipinski definition) is 8. The summed E-state index contributed by atoms with van der Waals surface area (Å²) in [5, 5.41) is 0. The van der Waals surface area contributed by atoms with Gasteiger partial charge in [0.15, 0.2) is 9.84 Å². The van der Waals surface area contributed by atoms with E-state index in [1.54, 1.807) is 6.07 Å². The quantitative estimate of drug-likeness (QED) is 0.114. The molecule has 0 saturated carbocycles. The Balaban J connectivity index is 2.22. The van der Waals surface area contributed by atoms with Gasteiger partial charge in [-0.05, 0) is 49.4 Å². The molecule has 37 heavy (non-hydrogen) atoms. The second kappa shape index (κ2) is 12.7. The second-order valence-electron chi connectivity index (χ2n) is 9.56. The fourth-order valence-corrected chi connectivity index (χ4v) is 7.49. The standard InChI is InChI=1S/C28H38N2O5S2/c1-5-7-14-28(15-8-6-2)19-30(22-11-9-21(29)10-12-22)23-17-25(36-4)24(35-16-13-27(31)34-3)18-26(23)37(32,33)20-28/h9-13,16-18H,5-8,14-15,19-20,29H2,1-4H3/b16-13+. The molecule has 0 spiro atoms. The number of anilines is 3. The number of rotatable bonds is 11. The first-order chi connectivity index (χ1) is 17.7. The first kappa shape index (κ1) is 28.9. The molecule has 202 valence electrons. The highest BCUT2D eigenvalue weighted by atomic mass is 32.2. The number of thioether (sulfide) groups is 1. The number of carbonyl (C=O) groups is 1. The number of carbonyl (C=O) groups excluding carboxylic acids is 1. The third-order valence-electron chi connectivity index (χ3n) is 6.79. The van der Waals surface area contributed by atoms with Gasteiger partial charge in [-0.15, -0.1) is 11.8 Å². The van der Waals surface area contributed by atoms with Gasteiger partial charge in [0, 0.05) is 29.4 Å². The minimum absolute atomic E-state index is 0.0779. The van der Waals surface area contributed by atoms with E-state index < -0.39 is 21.2 Å². The van der Waals surface area contributed by atoms with Crippen LogP contribution in [0.2, 0.25) is 0 Å². The van der Waals surface area contributed by atoms with Crippen molar-refractivity contribution in [1.82, 2.24) is 0 Å². The molecule has 7 nitrogen and oxygen atoms in total. The summed E-state index contributed by atoms with van der Waals surface area (Å²) in [5.41, 5.74) is 7.77. The smallest absolute Gasteiger partial charge is 0.333 e. The van der Waals surface area contributed by atoms with E-state index in [4.69, 9.17) is 10.5 Å². The fraction of sp³-hybridized carbons (Fsp3) is 0.464. The van der Waals surface area contributed by atoms with E-state index in [-0.39, 0.29) is 10.6 Å². The zero-order valence-corrected chi connectivity index (χ0v) is 23.8. The van der Waals surface area contributed by atoms with Gasteiger partial charge in [-0.25, -0.2) is 13.2 Å². The molecule has 1 aliphatic heterocycles. The number of ether oxygens (including phenoxy) is 2. The van der Waals surface area contributed by atoms with Gasteiger partial charge in [0.25, 0.3) is 0 Å². The lowest BCUT2D eigenvalue weighted by Gasteiger charge is -2.37. The van der Waals surface area contributed by atoms with Gasteiger partial charge in [0.2, 0.25) is 0 Å². The molecule has 1 heterocycles. The molecule has 1 aliphatic rings. The zero-order valence-electron chi connectivity index (χ0n) is 22.2. The molecule has 0 bridgehead atoms. The summed E-state index contributed by atoms with van der Waals surface area (Å²) < 4.78 is 38.4. The van der Waals surface area contributed by atoms with Gasteiger partial charge in [-0.2, -0.15) is 0 Å². The number of hydrogen-bond donors (Lipinski definition) is 1. The molecule has 0 saturated heterocycles. The summed E-state index contributed by atoms with van der Waals surface area (Å²) in [6.45, 7) is 4.88. The summed E-state index contributed by atoms with van der Waals surface area (Å²) in [6.07, 6.45) is 9.90. The Labute approximate surface area is 225 Å². The Bertz CT molecular complexity index is 1200. The number of unbranched alkanes of at least 4 members (excludes halogenated alkanes) is 2. The van der Waals surface area contributed by atoms with Crippen molar-refractivity contribution in [1.29, 1.82) is 0 Å². The molecule has 0 unspecified atom stereocenters. The third kappa shape index (κ3) is 7.02. The van der Waals surface area contributed by atoms with Gasteiger partial charge < -0.3 is 20.1 Å². The Morgan fingerprint density at radius 3 is 2.35 bits per heavy atom. The van der Waals surface area contributed by atoms with E-state index in [9.17, 15) is 13.2 Å². The van der Waals surface area contributed by atoms with Crippen LogP contribution in [0.4, 0.5) is 17.1 Å². The number of sulfone groups is 1. The van der Waals surface area contributed by atoms with Gasteiger partial charge in [-0.1, -0.05) is 39.5 Å². The maximum absolute atomic E-state index is 14.0. The maximum atomic E-state index is 14.0. The summed E-state index contributed by atoms with van der Waals surface area (Å²) in [4.78, 5) is 14.6. The van der Waals surface area contributed by atoms with Crippen molar-refractivity contribution in [2.24, 2.45) is 5.41 Å². The lowest BCUT2D eigenvalue weighted by molar-refractivity contribution is -0.134. The number of nitrogen functional groups attached to an aromatic ring is 1. The molecule has 0 atom stereocenters. The molecular formula is C28H38N2O5S2. The Morgan fingerprint density at radius 1 is 1.14 bits per heavy atom. The van der Waals surface area contributed by atoms with Crippen LogP contribution >= 0.6 is 11.8 Å². The molecule has 0 fully saturated rings. The van der Waals surface area contributed by atoms with Crippen molar-refractivity contribution >= 4 is 44.6 Å². The van der Waals surface area contributed by atoms with Crippen molar-refractivity contribution in [2.75, 3.05) is 36.3 Å². The minimum Gasteiger partial charge on any atom is -0.466 e. The number of nitrogens with zero attached hydrogens (tertiary/aromatic N) is 1. The molecular weight excluding hydrogens is 508 g/mol. The van der Waals surface area contributed by atoms with Gasteiger partial charge in [0.05, 0.1) is 40.7 Å². The second-order valence-corrected chi connectivity index (χ2v) is 12.4. The van der Waals surface area contributed by atoms with E-state index in [1.165, 1.54) is 25.1 Å². The van der Waals surface area contributed by atoms with E-state index >= 15 is 0 Å². The highest BCUT2D eigenvalue weighted by molar-refractivity contribution is 7.98. The Morgan fingerprint density at radius 2 is 1.78 bits per heavy atom. The normalized spacial score (nSPS) is 16.3. The van der Waals surface area contributed by atoms with E-state index in [1.807, 2.05) is 36.6 Å². The first-order valence-corrected chi connectivity index (χ1v) is 15.6. The van der Waals surface area contributed by atoms with E-state index in [2.05, 4.69) is 23.5 Å². The van der Waals surface area contributed by atoms with Crippen molar-refractivity contribution in [2.45, 2.75) is 62.2 Å². The van der Waals surface area contributed by atoms with Crippen LogP contribution in [-0.4, -0.2) is 40.1 Å². The monoisotopic (exact) mass is 546 g/mol. The first-order valence-electron chi connectivity index (χ1n) is 12.7. The van der Waals surface area contributed by atoms with Crippen LogP contribution in [0.1, 0.15) is 52.4 Å². The number of benzene rings is 2. The molecule has 0 aliphatic carbocycles. The Hall–Kier alpha value is -2.65. The lowest BCUT2D eigenvalue weighted by atomic mass is 9.79. The zero-order chi connectivity index (χ0) is 27.1. The largest absolute Gasteiger partial charge is 0.466 e. The Kier molecular flexibility index (Phi) is 9.95. The molecule has 2 N–H and O–H groups in total. The number of fused-ring (bicyclic) bond motifs is 1. The van der Waals surface area contributed by atoms with Crippen LogP contribution < -0.4 is 15.4 Å². The predicted molar refractivity (Wildman–Crippen MR) is 151 cm³/mol. The topological polar surface area (TPSA) is 98.9 Å². The highest BCUT2D eigenvalue weighted by Crippen LogP contribution is 2.47. The van der Waals surface area contributed by atoms with Crippen LogP contribution in [-0.2, 0) is 19.4 Å². The van der Waals surface area contributed by atoms with Crippen LogP contribution in [0.3, 0.4) is 0 Å². The summed E-state index contributed by atoms with van der Waals surface area (Å²) >= 11 is 1.45. The molecule has 2 aromatic rings. The SMILES string of the molecule is CCCCC1(CCCC)CN(c2ccc(N)cc2)c2cc(SC)c(O/C=C/C(=O)OC)cc2S(=O)(=O)C1. The third-order valence-corrected chi connectivity index (χ3v) is 9.54. The molecule has 0 amide bonds. The van der Waals surface area contributed by atoms with E-state index in [0.717, 1.165) is 55.2 Å². The van der Waals surface area contributed by atoms with Crippen molar-refractivity contribution in [3.8, 4) is 5.75 Å².